The minimum Gasteiger partial charge on any atom is -0.370 e. The molecule has 4 nitrogen and oxygen atoms in total. The van der Waals surface area contributed by atoms with Crippen LogP contribution in [0.2, 0.25) is 0 Å². The van der Waals surface area contributed by atoms with Crippen molar-refractivity contribution in [1.29, 1.82) is 0 Å². The average molecular weight is 323 g/mol. The summed E-state index contributed by atoms with van der Waals surface area (Å²) in [6.45, 7) is 7.02. The number of nitrogens with one attached hydrogen (secondary N) is 1. The minimum absolute atomic E-state index is 0.129. The van der Waals surface area contributed by atoms with Crippen LogP contribution < -0.4 is 10.2 Å². The van der Waals surface area contributed by atoms with Gasteiger partial charge in [0.05, 0.1) is 11.9 Å². The first-order chi connectivity index (χ1) is 11.6. The van der Waals surface area contributed by atoms with E-state index in [4.69, 9.17) is 0 Å². The van der Waals surface area contributed by atoms with E-state index in [2.05, 4.69) is 28.2 Å². The molecule has 1 aromatic carbocycles. The zero-order chi connectivity index (χ0) is 16.9. The number of hydrogen-bond acceptors (Lipinski definition) is 3. The van der Waals surface area contributed by atoms with Crippen LogP contribution in [0.3, 0.4) is 0 Å². The van der Waals surface area contributed by atoms with Crippen molar-refractivity contribution in [2.24, 2.45) is 5.92 Å². The second kappa shape index (κ2) is 7.47. The zero-order valence-electron chi connectivity index (χ0n) is 14.5. The first kappa shape index (κ1) is 16.5. The summed E-state index contributed by atoms with van der Waals surface area (Å²) < 4.78 is 0. The molecule has 3 rings (SSSR count). The topological polar surface area (TPSA) is 45.2 Å². The quantitative estimate of drug-likeness (QED) is 0.936. The van der Waals surface area contributed by atoms with Gasteiger partial charge in [0.15, 0.2) is 0 Å². The summed E-state index contributed by atoms with van der Waals surface area (Å²) in [5, 5.41) is 2.93. The van der Waals surface area contributed by atoms with Crippen molar-refractivity contribution in [2.45, 2.75) is 33.2 Å². The zero-order valence-corrected chi connectivity index (χ0v) is 14.5. The number of benzene rings is 1. The monoisotopic (exact) mass is 323 g/mol. The molecule has 0 bridgehead atoms. The van der Waals surface area contributed by atoms with Crippen LogP contribution in [0.1, 0.15) is 41.4 Å². The summed E-state index contributed by atoms with van der Waals surface area (Å²) in [6.07, 6.45) is 4.26. The van der Waals surface area contributed by atoms with Gasteiger partial charge in [-0.05, 0) is 43.4 Å². The van der Waals surface area contributed by atoms with E-state index in [-0.39, 0.29) is 5.91 Å². The van der Waals surface area contributed by atoms with Crippen molar-refractivity contribution >= 4 is 11.6 Å². The molecular formula is C20H25N3O. The molecule has 0 unspecified atom stereocenters. The number of aromatic nitrogens is 1. The molecular weight excluding hydrogens is 298 g/mol. The summed E-state index contributed by atoms with van der Waals surface area (Å²) in [5.74, 6) is 0.677. The smallest absolute Gasteiger partial charge is 0.270 e. The third kappa shape index (κ3) is 4.13. The molecule has 2 heterocycles. The molecule has 1 aromatic heterocycles. The van der Waals surface area contributed by atoms with Crippen molar-refractivity contribution in [1.82, 2.24) is 10.3 Å². The molecule has 24 heavy (non-hydrogen) atoms. The lowest BCUT2D eigenvalue weighted by atomic mass is 9.99. The number of pyridine rings is 1. The second-order valence-electron chi connectivity index (χ2n) is 6.74. The predicted molar refractivity (Wildman–Crippen MR) is 97.2 cm³/mol. The Labute approximate surface area is 143 Å². The van der Waals surface area contributed by atoms with Gasteiger partial charge in [-0.25, -0.2) is 4.98 Å². The van der Waals surface area contributed by atoms with Gasteiger partial charge in [0, 0.05) is 19.6 Å². The van der Waals surface area contributed by atoms with Crippen LogP contribution in [-0.2, 0) is 6.54 Å². The van der Waals surface area contributed by atoms with E-state index in [1.165, 1.54) is 18.4 Å². The summed E-state index contributed by atoms with van der Waals surface area (Å²) in [6, 6.07) is 12.0. The van der Waals surface area contributed by atoms with Gasteiger partial charge >= 0.3 is 0 Å². The van der Waals surface area contributed by atoms with E-state index in [0.29, 0.717) is 12.2 Å². The number of carbonyl (C=O) groups excluding carboxylic acids is 1. The maximum Gasteiger partial charge on any atom is 0.270 e. The number of hydrogen-bond donors (Lipinski definition) is 1. The molecule has 0 spiro atoms. The number of piperidine rings is 1. The van der Waals surface area contributed by atoms with E-state index in [9.17, 15) is 4.79 Å². The van der Waals surface area contributed by atoms with Crippen molar-refractivity contribution in [3.63, 3.8) is 0 Å². The Balaban J connectivity index is 1.57. The molecule has 2 aromatic rings. The number of amides is 1. The number of carbonyl (C=O) groups is 1. The van der Waals surface area contributed by atoms with Crippen LogP contribution in [0.15, 0.2) is 42.6 Å². The standard InChI is InChI=1S/C20H25N3O/c1-15-8-10-23(11-9-15)18-6-7-19(21-14-18)20(24)22-13-17-5-3-4-16(2)12-17/h3-7,12,14-15H,8-11,13H2,1-2H3,(H,22,24). The number of nitrogens with zero attached hydrogens (tertiary/aromatic N) is 2. The first-order valence-electron chi connectivity index (χ1n) is 8.66. The molecule has 4 heteroatoms. The average Bonchev–Trinajstić information content (AvgIpc) is 2.61. The summed E-state index contributed by atoms with van der Waals surface area (Å²) in [4.78, 5) is 18.9. The highest BCUT2D eigenvalue weighted by atomic mass is 16.1. The van der Waals surface area contributed by atoms with E-state index in [0.717, 1.165) is 30.3 Å². The van der Waals surface area contributed by atoms with Crippen LogP contribution in [-0.4, -0.2) is 24.0 Å². The Hall–Kier alpha value is -2.36. The van der Waals surface area contributed by atoms with E-state index >= 15 is 0 Å². The van der Waals surface area contributed by atoms with Gasteiger partial charge in [0.1, 0.15) is 5.69 Å². The summed E-state index contributed by atoms with van der Waals surface area (Å²) in [5.41, 5.74) is 3.87. The molecule has 1 fully saturated rings. The van der Waals surface area contributed by atoms with Gasteiger partial charge in [0.2, 0.25) is 0 Å². The number of anilines is 1. The molecule has 126 valence electrons. The molecule has 1 aliphatic rings. The van der Waals surface area contributed by atoms with Crippen molar-refractivity contribution < 1.29 is 4.79 Å². The van der Waals surface area contributed by atoms with Gasteiger partial charge in [-0.3, -0.25) is 4.79 Å². The fourth-order valence-corrected chi connectivity index (χ4v) is 3.07. The summed E-state index contributed by atoms with van der Waals surface area (Å²) in [7, 11) is 0. The first-order valence-corrected chi connectivity index (χ1v) is 8.66. The van der Waals surface area contributed by atoms with Gasteiger partial charge in [-0.2, -0.15) is 0 Å². The Morgan fingerprint density at radius 3 is 2.71 bits per heavy atom. The maximum absolute atomic E-state index is 12.2. The fourth-order valence-electron chi connectivity index (χ4n) is 3.07. The lowest BCUT2D eigenvalue weighted by molar-refractivity contribution is 0.0946. The highest BCUT2D eigenvalue weighted by Gasteiger charge is 2.16. The Morgan fingerprint density at radius 1 is 1.25 bits per heavy atom. The van der Waals surface area contributed by atoms with Crippen LogP contribution in [0.5, 0.6) is 0 Å². The normalized spacial score (nSPS) is 15.3. The molecule has 1 aliphatic heterocycles. The fraction of sp³-hybridized carbons (Fsp3) is 0.400. The van der Waals surface area contributed by atoms with E-state index in [1.54, 1.807) is 0 Å². The third-order valence-corrected chi connectivity index (χ3v) is 4.66. The Kier molecular flexibility index (Phi) is 5.14. The molecule has 1 amide bonds. The van der Waals surface area contributed by atoms with Crippen LogP contribution in [0.4, 0.5) is 5.69 Å². The molecule has 0 aliphatic carbocycles. The maximum atomic E-state index is 12.2. The van der Waals surface area contributed by atoms with Crippen molar-refractivity contribution in [3.8, 4) is 0 Å². The number of rotatable bonds is 4. The van der Waals surface area contributed by atoms with Gasteiger partial charge in [-0.15, -0.1) is 0 Å². The SMILES string of the molecule is Cc1cccc(CNC(=O)c2ccc(N3CCC(C)CC3)cn2)c1. The Morgan fingerprint density at radius 2 is 2.04 bits per heavy atom. The van der Waals surface area contributed by atoms with Gasteiger partial charge in [0.25, 0.3) is 5.91 Å². The van der Waals surface area contributed by atoms with Crippen molar-refractivity contribution in [3.05, 3.63) is 59.4 Å². The van der Waals surface area contributed by atoms with Crippen LogP contribution in [0, 0.1) is 12.8 Å². The largest absolute Gasteiger partial charge is 0.370 e. The van der Waals surface area contributed by atoms with Crippen LogP contribution >= 0.6 is 0 Å². The lowest BCUT2D eigenvalue weighted by Gasteiger charge is -2.31. The highest BCUT2D eigenvalue weighted by molar-refractivity contribution is 5.92. The number of aryl methyl sites for hydroxylation is 1. The Bertz CT molecular complexity index is 688. The second-order valence-corrected chi connectivity index (χ2v) is 6.74. The summed E-state index contributed by atoms with van der Waals surface area (Å²) >= 11 is 0. The molecule has 0 radical (unpaired) electrons. The predicted octanol–water partition coefficient (Wildman–Crippen LogP) is 3.56. The highest BCUT2D eigenvalue weighted by Crippen LogP contribution is 2.22. The minimum atomic E-state index is -0.129. The third-order valence-electron chi connectivity index (χ3n) is 4.66. The van der Waals surface area contributed by atoms with Crippen LogP contribution in [0.25, 0.3) is 0 Å². The molecule has 0 saturated carbocycles. The van der Waals surface area contributed by atoms with Gasteiger partial charge in [-0.1, -0.05) is 36.8 Å². The molecule has 1 N–H and O–H groups in total. The molecule has 0 atom stereocenters. The van der Waals surface area contributed by atoms with Crippen molar-refractivity contribution in [2.75, 3.05) is 18.0 Å². The van der Waals surface area contributed by atoms with E-state index in [1.807, 2.05) is 43.5 Å². The molecule has 1 saturated heterocycles. The lowest BCUT2D eigenvalue weighted by Crippen LogP contribution is -2.33. The van der Waals surface area contributed by atoms with Gasteiger partial charge < -0.3 is 10.2 Å². The van der Waals surface area contributed by atoms with E-state index < -0.39 is 0 Å².